The first-order valence-corrected chi connectivity index (χ1v) is 7.03. The maximum Gasteiger partial charge on any atom is 0.226 e. The summed E-state index contributed by atoms with van der Waals surface area (Å²) in [4.78, 5) is 13.5. The number of likely N-dealkylation sites (tertiary alicyclic amines) is 1. The molecule has 6 nitrogen and oxygen atoms in total. The van der Waals surface area contributed by atoms with Crippen molar-refractivity contribution in [3.05, 3.63) is 28.3 Å². The molecule has 2 heterocycles. The van der Waals surface area contributed by atoms with Gasteiger partial charge in [-0.05, 0) is 25.8 Å². The normalized spacial score (nSPS) is 17.4. The first kappa shape index (κ1) is 15.0. The van der Waals surface area contributed by atoms with Gasteiger partial charge in [0.2, 0.25) is 5.43 Å². The molecule has 0 unspecified atom stereocenters. The van der Waals surface area contributed by atoms with Crippen LogP contribution in [0, 0.1) is 0 Å². The molecule has 1 aromatic heterocycles. The van der Waals surface area contributed by atoms with Crippen LogP contribution in [0.2, 0.25) is 0 Å². The lowest BCUT2D eigenvalue weighted by atomic mass is 10.1. The molecule has 0 atom stereocenters. The second-order valence-electron chi connectivity index (χ2n) is 5.08. The lowest BCUT2D eigenvalue weighted by Gasteiger charge is -2.31. The summed E-state index contributed by atoms with van der Waals surface area (Å²) in [6, 6.07) is 1.35. The second-order valence-corrected chi connectivity index (χ2v) is 5.08. The van der Waals surface area contributed by atoms with Gasteiger partial charge in [-0.3, -0.25) is 9.69 Å². The van der Waals surface area contributed by atoms with E-state index in [1.54, 1.807) is 0 Å². The first-order valence-electron chi connectivity index (χ1n) is 7.03. The van der Waals surface area contributed by atoms with Gasteiger partial charge in [0.05, 0.1) is 12.6 Å². The monoisotopic (exact) mass is 282 g/mol. The third kappa shape index (κ3) is 4.33. The molecule has 0 aliphatic carbocycles. The summed E-state index contributed by atoms with van der Waals surface area (Å²) in [5.41, 5.74) is 5.04. The largest absolute Gasteiger partial charge is 0.502 e. The minimum Gasteiger partial charge on any atom is -0.502 e. The average molecular weight is 282 g/mol. The summed E-state index contributed by atoms with van der Waals surface area (Å²) in [5.74, 6) is 0.232. The van der Waals surface area contributed by atoms with Crippen molar-refractivity contribution in [1.29, 1.82) is 0 Å². The van der Waals surface area contributed by atoms with E-state index in [1.165, 1.54) is 6.07 Å². The van der Waals surface area contributed by atoms with E-state index in [9.17, 15) is 4.79 Å². The minimum absolute atomic E-state index is 0.310. The summed E-state index contributed by atoms with van der Waals surface area (Å²) in [7, 11) is 0. The Morgan fingerprint density at radius 2 is 2.20 bits per heavy atom. The van der Waals surface area contributed by atoms with E-state index in [0.29, 0.717) is 25.0 Å². The van der Waals surface area contributed by atoms with Crippen LogP contribution in [0.15, 0.2) is 21.5 Å². The minimum atomic E-state index is -0.397. The van der Waals surface area contributed by atoms with Crippen molar-refractivity contribution in [1.82, 2.24) is 4.90 Å². The van der Waals surface area contributed by atoms with E-state index in [0.717, 1.165) is 45.2 Å². The van der Waals surface area contributed by atoms with Crippen LogP contribution in [0.1, 0.15) is 25.0 Å². The number of hydrogen-bond donors (Lipinski definition) is 2. The van der Waals surface area contributed by atoms with Crippen LogP contribution < -0.4 is 11.2 Å². The Kier molecular flexibility index (Phi) is 5.58. The molecule has 1 aromatic rings. The van der Waals surface area contributed by atoms with Crippen molar-refractivity contribution in [2.45, 2.75) is 31.9 Å². The lowest BCUT2D eigenvalue weighted by molar-refractivity contribution is 0.00434. The molecule has 0 amide bonds. The van der Waals surface area contributed by atoms with E-state index >= 15 is 0 Å². The van der Waals surface area contributed by atoms with Gasteiger partial charge in [0.25, 0.3) is 0 Å². The molecule has 0 bridgehead atoms. The van der Waals surface area contributed by atoms with Gasteiger partial charge in [-0.1, -0.05) is 0 Å². The highest BCUT2D eigenvalue weighted by Crippen LogP contribution is 2.16. The number of aromatic hydroxyl groups is 1. The zero-order valence-corrected chi connectivity index (χ0v) is 11.6. The molecule has 0 saturated carbocycles. The first-order chi connectivity index (χ1) is 9.69. The fourth-order valence-corrected chi connectivity index (χ4v) is 2.31. The zero-order chi connectivity index (χ0) is 14.4. The van der Waals surface area contributed by atoms with Gasteiger partial charge in [-0.2, -0.15) is 0 Å². The topological polar surface area (TPSA) is 88.9 Å². The molecule has 0 spiro atoms. The van der Waals surface area contributed by atoms with Crippen molar-refractivity contribution in [2.24, 2.45) is 5.73 Å². The van der Waals surface area contributed by atoms with Crippen LogP contribution in [0.5, 0.6) is 5.75 Å². The highest BCUT2D eigenvalue weighted by atomic mass is 16.5. The molecule has 112 valence electrons. The summed E-state index contributed by atoms with van der Waals surface area (Å²) < 4.78 is 11.0. The maximum atomic E-state index is 11.3. The predicted octanol–water partition coefficient (Wildman–Crippen LogP) is 0.675. The van der Waals surface area contributed by atoms with Gasteiger partial charge in [0, 0.05) is 25.8 Å². The van der Waals surface area contributed by atoms with Gasteiger partial charge < -0.3 is 20.0 Å². The predicted molar refractivity (Wildman–Crippen MR) is 74.6 cm³/mol. The average Bonchev–Trinajstić information content (AvgIpc) is 2.45. The van der Waals surface area contributed by atoms with Gasteiger partial charge in [-0.15, -0.1) is 0 Å². The van der Waals surface area contributed by atoms with E-state index in [-0.39, 0.29) is 5.75 Å². The summed E-state index contributed by atoms with van der Waals surface area (Å²) in [6.45, 7) is 3.81. The van der Waals surface area contributed by atoms with Crippen molar-refractivity contribution in [3.8, 4) is 5.75 Å². The van der Waals surface area contributed by atoms with Crippen LogP contribution in [0.3, 0.4) is 0 Å². The number of piperidine rings is 1. The molecule has 1 aliphatic heterocycles. The SMILES string of the molecule is NCCCOC1CCN(Cc2cc(=O)c(O)co2)CC1. The molecule has 6 heteroatoms. The van der Waals surface area contributed by atoms with Crippen molar-refractivity contribution in [2.75, 3.05) is 26.2 Å². The second kappa shape index (κ2) is 7.42. The van der Waals surface area contributed by atoms with Gasteiger partial charge in [0.1, 0.15) is 12.0 Å². The van der Waals surface area contributed by atoms with Crippen LogP contribution >= 0.6 is 0 Å². The maximum absolute atomic E-state index is 11.3. The zero-order valence-electron chi connectivity index (χ0n) is 11.6. The van der Waals surface area contributed by atoms with Crippen LogP contribution in [-0.4, -0.2) is 42.4 Å². The molecule has 3 N–H and O–H groups in total. The number of ether oxygens (including phenoxy) is 1. The van der Waals surface area contributed by atoms with Crippen molar-refractivity contribution >= 4 is 0 Å². The van der Waals surface area contributed by atoms with E-state index in [1.807, 2.05) is 0 Å². The fourth-order valence-electron chi connectivity index (χ4n) is 2.31. The number of nitrogens with two attached hydrogens (primary N) is 1. The van der Waals surface area contributed by atoms with Gasteiger partial charge in [-0.25, -0.2) is 0 Å². The summed E-state index contributed by atoms with van der Waals surface area (Å²) >= 11 is 0. The molecular formula is C14H22N2O4. The van der Waals surface area contributed by atoms with Gasteiger partial charge >= 0.3 is 0 Å². The molecular weight excluding hydrogens is 260 g/mol. The Morgan fingerprint density at radius 1 is 1.45 bits per heavy atom. The van der Waals surface area contributed by atoms with E-state index < -0.39 is 5.43 Å². The van der Waals surface area contributed by atoms with Gasteiger partial charge in [0.15, 0.2) is 5.75 Å². The van der Waals surface area contributed by atoms with Crippen LogP contribution in [0.4, 0.5) is 0 Å². The Labute approximate surface area is 118 Å². The highest BCUT2D eigenvalue weighted by molar-refractivity contribution is 5.15. The van der Waals surface area contributed by atoms with Crippen LogP contribution in [0.25, 0.3) is 0 Å². The Balaban J connectivity index is 1.76. The standard InChI is InChI=1S/C14H22N2O4/c15-4-1-7-19-11-2-5-16(6-3-11)9-12-8-13(17)14(18)10-20-12/h8,10-11,18H,1-7,9,15H2. The number of hydrogen-bond acceptors (Lipinski definition) is 6. The summed E-state index contributed by atoms with van der Waals surface area (Å²) in [5, 5.41) is 9.14. The van der Waals surface area contributed by atoms with Crippen molar-refractivity contribution in [3.63, 3.8) is 0 Å². The Morgan fingerprint density at radius 3 is 2.85 bits per heavy atom. The number of nitrogens with zero attached hydrogens (tertiary/aromatic N) is 1. The van der Waals surface area contributed by atoms with Crippen molar-refractivity contribution < 1.29 is 14.3 Å². The lowest BCUT2D eigenvalue weighted by Crippen LogP contribution is -2.36. The van der Waals surface area contributed by atoms with E-state index in [2.05, 4.69) is 4.90 Å². The van der Waals surface area contributed by atoms with Crippen LogP contribution in [-0.2, 0) is 11.3 Å². The molecule has 0 radical (unpaired) electrons. The quantitative estimate of drug-likeness (QED) is 0.746. The molecule has 20 heavy (non-hydrogen) atoms. The third-order valence-corrected chi connectivity index (χ3v) is 3.48. The fraction of sp³-hybridized carbons (Fsp3) is 0.643. The summed E-state index contributed by atoms with van der Waals surface area (Å²) in [6.07, 6.45) is 4.27. The molecule has 1 saturated heterocycles. The number of rotatable bonds is 6. The molecule has 1 fully saturated rings. The Bertz CT molecular complexity index is 466. The Hall–Kier alpha value is -1.37. The molecule has 0 aromatic carbocycles. The highest BCUT2D eigenvalue weighted by Gasteiger charge is 2.20. The smallest absolute Gasteiger partial charge is 0.226 e. The third-order valence-electron chi connectivity index (χ3n) is 3.48. The molecule has 2 rings (SSSR count). The van der Waals surface area contributed by atoms with E-state index in [4.69, 9.17) is 20.0 Å². The molecule has 1 aliphatic rings.